The summed E-state index contributed by atoms with van der Waals surface area (Å²) in [5.41, 5.74) is -1.46. The molecule has 0 bridgehead atoms. The van der Waals surface area contributed by atoms with Crippen LogP contribution in [0.5, 0.6) is 0 Å². The number of nitrogens with zero attached hydrogens (tertiary/aromatic N) is 5. The van der Waals surface area contributed by atoms with Crippen LogP contribution < -0.4 is 21.3 Å². The van der Waals surface area contributed by atoms with E-state index in [1.54, 1.807) is 0 Å². The molecule has 0 unspecified atom stereocenters. The molecule has 47 heavy (non-hydrogen) atoms. The fourth-order valence-electron chi connectivity index (χ4n) is 4.57. The number of nitrogens with one attached hydrogen (secondary N) is 2. The number of aromatic nitrogens is 5. The van der Waals surface area contributed by atoms with E-state index in [0.29, 0.717) is 23.4 Å². The summed E-state index contributed by atoms with van der Waals surface area (Å²) in [5, 5.41) is 6.18. The van der Waals surface area contributed by atoms with Crippen molar-refractivity contribution >= 4 is 27.6 Å². The molecule has 17 heteroatoms. The van der Waals surface area contributed by atoms with Gasteiger partial charge in [0.15, 0.2) is 0 Å². The van der Waals surface area contributed by atoms with Crippen LogP contribution in [0.25, 0.3) is 11.4 Å². The van der Waals surface area contributed by atoms with E-state index in [1.807, 2.05) is 0 Å². The molecule has 242 valence electrons. The molecule has 5 rings (SSSR count). The van der Waals surface area contributed by atoms with Crippen LogP contribution in [0, 0.1) is 11.6 Å². The van der Waals surface area contributed by atoms with Crippen molar-refractivity contribution in [2.24, 2.45) is 7.05 Å². The zero-order valence-corrected chi connectivity index (χ0v) is 25.4. The molecule has 2 N–H and O–H groups in total. The normalized spacial score (nSPS) is 11.9. The van der Waals surface area contributed by atoms with Crippen molar-refractivity contribution in [2.75, 3.05) is 11.8 Å². The van der Waals surface area contributed by atoms with Gasteiger partial charge in [0, 0.05) is 25.7 Å². The number of anilines is 1. The fraction of sp³-hybridized carbons (Fsp3) is 0.133. The highest BCUT2D eigenvalue weighted by Gasteiger charge is 2.27. The maximum atomic E-state index is 15.1. The monoisotopic (exact) mass is 665 g/mol. The molecular formula is C30H25F2N7O7S. The number of esters is 1. The minimum Gasteiger partial charge on any atom is -0.467 e. The lowest BCUT2D eigenvalue weighted by molar-refractivity contribution is -0.142. The number of amides is 1. The highest BCUT2D eigenvalue weighted by atomic mass is 32.2. The Labute approximate surface area is 264 Å². The summed E-state index contributed by atoms with van der Waals surface area (Å²) in [7, 11) is -1.75. The first-order valence-electron chi connectivity index (χ1n) is 13.6. The predicted molar refractivity (Wildman–Crippen MR) is 163 cm³/mol. The Kier molecular flexibility index (Phi) is 9.09. The van der Waals surface area contributed by atoms with E-state index in [1.165, 1.54) is 89.7 Å². The number of hydrogen-bond donors (Lipinski definition) is 2. The number of ether oxygens (including phenoxy) is 1. The van der Waals surface area contributed by atoms with Gasteiger partial charge in [-0.15, -0.1) is 0 Å². The molecule has 1 atom stereocenters. The Morgan fingerprint density at radius 2 is 1.60 bits per heavy atom. The maximum Gasteiger partial charge on any atom is 0.335 e. The molecule has 0 saturated carbocycles. The molecular weight excluding hydrogens is 640 g/mol. The summed E-state index contributed by atoms with van der Waals surface area (Å²) < 4.78 is 66.3. The predicted octanol–water partition coefficient (Wildman–Crippen LogP) is 1.71. The minimum absolute atomic E-state index is 0.183. The molecule has 0 spiro atoms. The molecule has 0 saturated heterocycles. The molecule has 3 aromatic carbocycles. The van der Waals surface area contributed by atoms with Crippen molar-refractivity contribution in [3.8, 4) is 11.4 Å². The number of aryl methyl sites for hydroxylation is 1. The van der Waals surface area contributed by atoms with Crippen LogP contribution >= 0.6 is 0 Å². The second-order valence-corrected chi connectivity index (χ2v) is 11.7. The van der Waals surface area contributed by atoms with Crippen molar-refractivity contribution in [3.63, 3.8) is 0 Å². The largest absolute Gasteiger partial charge is 0.467 e. The molecule has 0 radical (unpaired) electrons. The van der Waals surface area contributed by atoms with Gasteiger partial charge in [-0.3, -0.25) is 14.3 Å². The van der Waals surface area contributed by atoms with Gasteiger partial charge in [0.1, 0.15) is 35.9 Å². The molecule has 0 aliphatic heterocycles. The first-order chi connectivity index (χ1) is 22.4. The zero-order valence-electron chi connectivity index (χ0n) is 24.6. The van der Waals surface area contributed by atoms with Gasteiger partial charge in [-0.25, -0.2) is 41.0 Å². The van der Waals surface area contributed by atoms with Gasteiger partial charge in [-0.05, 0) is 54.1 Å². The lowest BCUT2D eigenvalue weighted by atomic mass is 10.0. The summed E-state index contributed by atoms with van der Waals surface area (Å²) >= 11 is 0. The zero-order chi connectivity index (χ0) is 33.9. The lowest BCUT2D eigenvalue weighted by Crippen LogP contribution is -2.43. The Hall–Kier alpha value is -5.97. The Bertz CT molecular complexity index is 2160. The van der Waals surface area contributed by atoms with E-state index in [0.717, 1.165) is 11.7 Å². The van der Waals surface area contributed by atoms with Gasteiger partial charge in [0.2, 0.25) is 0 Å². The van der Waals surface area contributed by atoms with Crippen molar-refractivity contribution in [1.29, 1.82) is 0 Å². The maximum absolute atomic E-state index is 15.1. The second kappa shape index (κ2) is 13.2. The summed E-state index contributed by atoms with van der Waals surface area (Å²) in [6.07, 6.45) is 3.87. The number of rotatable bonds is 10. The summed E-state index contributed by atoms with van der Waals surface area (Å²) in [6.45, 7) is 0. The smallest absolute Gasteiger partial charge is 0.335 e. The molecule has 2 heterocycles. The first-order valence-corrected chi connectivity index (χ1v) is 15.1. The number of methoxy groups -OCH3 is 1. The van der Waals surface area contributed by atoms with Crippen molar-refractivity contribution in [1.82, 2.24) is 29.2 Å². The molecule has 0 fully saturated rings. The molecule has 2 aromatic heterocycles. The summed E-state index contributed by atoms with van der Waals surface area (Å²) in [5.74, 6) is -5.02. The van der Waals surface area contributed by atoms with Crippen molar-refractivity contribution < 1.29 is 31.5 Å². The number of hydrogen-bond acceptors (Lipinski definition) is 9. The fourth-order valence-corrected chi connectivity index (χ4v) is 5.61. The molecule has 14 nitrogen and oxygen atoms in total. The molecule has 0 aliphatic rings. The van der Waals surface area contributed by atoms with E-state index in [4.69, 9.17) is 4.74 Å². The van der Waals surface area contributed by atoms with Gasteiger partial charge in [0.05, 0.1) is 29.1 Å². The van der Waals surface area contributed by atoms with Crippen LogP contribution in [0.4, 0.5) is 14.5 Å². The van der Waals surface area contributed by atoms with Crippen LogP contribution in [-0.2, 0) is 33.0 Å². The van der Waals surface area contributed by atoms with Gasteiger partial charge in [-0.1, -0.05) is 12.1 Å². The third-order valence-electron chi connectivity index (χ3n) is 6.93. The van der Waals surface area contributed by atoms with Crippen molar-refractivity contribution in [3.05, 3.63) is 129 Å². The number of carbonyl (C=O) groups excluding carboxylic acids is 2. The number of sulfonamides is 1. The van der Waals surface area contributed by atoms with E-state index < -0.39 is 62.1 Å². The average molecular weight is 666 g/mol. The van der Waals surface area contributed by atoms with E-state index in [9.17, 15) is 27.6 Å². The van der Waals surface area contributed by atoms with Crippen molar-refractivity contribution in [2.45, 2.75) is 17.4 Å². The van der Waals surface area contributed by atoms with Crippen LogP contribution in [0.1, 0.15) is 15.9 Å². The molecule has 0 aliphatic carbocycles. The number of carbonyl (C=O) groups is 2. The molecule has 5 aromatic rings. The van der Waals surface area contributed by atoms with E-state index in [-0.39, 0.29) is 17.0 Å². The topological polar surface area (TPSA) is 176 Å². The average Bonchev–Trinajstić information content (AvgIpc) is 3.58. The van der Waals surface area contributed by atoms with Gasteiger partial charge >= 0.3 is 11.7 Å². The number of halogens is 2. The number of benzene rings is 3. The molecule has 1 amide bonds. The Morgan fingerprint density at radius 3 is 2.19 bits per heavy atom. The standard InChI is InChI=1S/C30H25F2N7O7S/c1-37-12-11-26(40)39(30(37)43)21-5-3-18(4-6-21)13-25(29(42)46-2)35-28(41)27-23(31)14-19(15-24(27)32)36-47(44,45)22-9-7-20(8-10-22)38-17-33-16-34-38/h3-12,14-17,25,36H,13H2,1-2H3,(H,35,41)/t25-/m0/s1. The van der Waals surface area contributed by atoms with Gasteiger partial charge < -0.3 is 14.6 Å². The second-order valence-electron chi connectivity index (χ2n) is 10.1. The Morgan fingerprint density at radius 1 is 0.957 bits per heavy atom. The first kappa shape index (κ1) is 32.4. The SMILES string of the molecule is COC(=O)[C@H](Cc1ccc(-n2c(=O)ccn(C)c2=O)cc1)NC(=O)c1c(F)cc(NS(=O)(=O)c2ccc(-n3cncn3)cc2)cc1F. The lowest BCUT2D eigenvalue weighted by Gasteiger charge is -2.18. The van der Waals surface area contributed by atoms with Crippen LogP contribution in [-0.4, -0.2) is 57.3 Å². The quantitative estimate of drug-likeness (QED) is 0.210. The summed E-state index contributed by atoms with van der Waals surface area (Å²) in [4.78, 5) is 53.7. The highest BCUT2D eigenvalue weighted by Crippen LogP contribution is 2.23. The van der Waals surface area contributed by atoms with Crippen LogP contribution in [0.3, 0.4) is 0 Å². The third-order valence-corrected chi connectivity index (χ3v) is 8.33. The summed E-state index contributed by atoms with van der Waals surface area (Å²) in [6, 6.07) is 12.4. The third kappa shape index (κ3) is 6.99. The van der Waals surface area contributed by atoms with E-state index >= 15 is 8.78 Å². The highest BCUT2D eigenvalue weighted by molar-refractivity contribution is 7.92. The van der Waals surface area contributed by atoms with Gasteiger partial charge in [0.25, 0.3) is 21.5 Å². The van der Waals surface area contributed by atoms with Gasteiger partial charge in [-0.2, -0.15) is 5.10 Å². The Balaban J connectivity index is 1.31. The minimum atomic E-state index is -4.29. The van der Waals surface area contributed by atoms with Crippen LogP contribution in [0.15, 0.2) is 100 Å². The van der Waals surface area contributed by atoms with Crippen LogP contribution in [0.2, 0.25) is 0 Å². The van der Waals surface area contributed by atoms with E-state index in [2.05, 4.69) is 20.1 Å².